The zero-order valence-corrected chi connectivity index (χ0v) is 4.22. The molecule has 0 radical (unpaired) electrons. The van der Waals surface area contributed by atoms with Gasteiger partial charge in [0.05, 0.1) is 6.61 Å². The van der Waals surface area contributed by atoms with Gasteiger partial charge in [0.1, 0.15) is 0 Å². The maximum atomic E-state index is 9.73. The molecule has 2 N–H and O–H groups in total. The third-order valence-corrected chi connectivity index (χ3v) is 0.687. The van der Waals surface area contributed by atoms with Gasteiger partial charge in [0.2, 0.25) is 0 Å². The van der Waals surface area contributed by atoms with Crippen molar-refractivity contribution in [3.05, 3.63) is 0 Å². The topological polar surface area (TPSA) is 57.5 Å². The van der Waals surface area contributed by atoms with Crippen molar-refractivity contribution >= 4 is 16.8 Å². The average molecular weight is 125 g/mol. The van der Waals surface area contributed by atoms with E-state index >= 15 is 0 Å². The number of hydrogen-bond acceptors (Lipinski definition) is 3. The third-order valence-electron chi connectivity index (χ3n) is 0.435. The summed E-state index contributed by atoms with van der Waals surface area (Å²) in [6.07, 6.45) is -1.42. The summed E-state index contributed by atoms with van der Waals surface area (Å²) in [5.41, 5.74) is 0. The van der Waals surface area contributed by atoms with Crippen LogP contribution in [0.1, 0.15) is 0 Å². The van der Waals surface area contributed by atoms with E-state index in [-0.39, 0.29) is 0 Å². The Bertz CT molecular complexity index is 72.6. The number of carbonyl (C=O) groups is 1. The molecule has 0 aromatic heterocycles. The van der Waals surface area contributed by atoms with Gasteiger partial charge in [-0.15, -0.1) is 0 Å². The second kappa shape index (κ2) is 2.96. The van der Waals surface area contributed by atoms with E-state index < -0.39 is 18.0 Å². The Balaban J connectivity index is 3.34. The minimum absolute atomic E-state index is 0.609. The Morgan fingerprint density at radius 1 is 1.86 bits per heavy atom. The molecule has 0 aliphatic heterocycles. The second-order valence-electron chi connectivity index (χ2n) is 1.00. The maximum absolute atomic E-state index is 9.73. The smallest absolute Gasteiger partial charge is 0.252 e. The fourth-order valence-electron chi connectivity index (χ4n) is 0.0718. The van der Waals surface area contributed by atoms with Crippen LogP contribution in [0.4, 0.5) is 0 Å². The standard InChI is InChI=1S/C3H5ClO3/c4-3(7)2(6)1-5/h2,5-6H,1H2/t2-/m1/s1. The van der Waals surface area contributed by atoms with Gasteiger partial charge in [-0.25, -0.2) is 0 Å². The van der Waals surface area contributed by atoms with Crippen LogP contribution in [-0.4, -0.2) is 28.2 Å². The highest BCUT2D eigenvalue weighted by Gasteiger charge is 2.07. The van der Waals surface area contributed by atoms with E-state index in [4.69, 9.17) is 10.2 Å². The first-order valence-electron chi connectivity index (χ1n) is 1.66. The minimum Gasteiger partial charge on any atom is -0.393 e. The largest absolute Gasteiger partial charge is 0.393 e. The first kappa shape index (κ1) is 6.88. The molecule has 0 rings (SSSR count). The van der Waals surface area contributed by atoms with E-state index in [0.29, 0.717) is 0 Å². The van der Waals surface area contributed by atoms with Crippen molar-refractivity contribution in [1.82, 2.24) is 0 Å². The second-order valence-corrected chi connectivity index (χ2v) is 1.38. The van der Waals surface area contributed by atoms with Crippen LogP contribution in [0.2, 0.25) is 0 Å². The van der Waals surface area contributed by atoms with Gasteiger partial charge in [-0.2, -0.15) is 0 Å². The Labute approximate surface area is 45.5 Å². The molecule has 0 heterocycles. The zero-order valence-electron chi connectivity index (χ0n) is 3.47. The van der Waals surface area contributed by atoms with Crippen LogP contribution >= 0.6 is 11.6 Å². The van der Waals surface area contributed by atoms with Gasteiger partial charge < -0.3 is 10.2 Å². The first-order valence-corrected chi connectivity index (χ1v) is 2.04. The fourth-order valence-corrected chi connectivity index (χ4v) is 0.141. The van der Waals surface area contributed by atoms with Crippen LogP contribution in [0.5, 0.6) is 0 Å². The highest BCUT2D eigenvalue weighted by molar-refractivity contribution is 6.64. The molecule has 0 aliphatic rings. The molecular weight excluding hydrogens is 119 g/mol. The van der Waals surface area contributed by atoms with E-state index in [1.54, 1.807) is 0 Å². The Morgan fingerprint density at radius 2 is 2.29 bits per heavy atom. The summed E-state index contributed by atoms with van der Waals surface area (Å²) in [7, 11) is 0. The molecule has 0 unspecified atom stereocenters. The van der Waals surface area contributed by atoms with Gasteiger partial charge >= 0.3 is 0 Å². The van der Waals surface area contributed by atoms with E-state index in [9.17, 15) is 4.79 Å². The number of rotatable bonds is 2. The maximum Gasteiger partial charge on any atom is 0.252 e. The summed E-state index contributed by atoms with van der Waals surface area (Å²) >= 11 is 4.68. The molecule has 0 fully saturated rings. The summed E-state index contributed by atoms with van der Waals surface area (Å²) < 4.78 is 0. The number of halogens is 1. The van der Waals surface area contributed by atoms with Crippen molar-refractivity contribution < 1.29 is 15.0 Å². The molecule has 0 aromatic rings. The number of hydrogen-bond donors (Lipinski definition) is 2. The van der Waals surface area contributed by atoms with Crippen LogP contribution in [0.3, 0.4) is 0 Å². The van der Waals surface area contributed by atoms with Gasteiger partial charge in [-0.3, -0.25) is 4.79 Å². The van der Waals surface area contributed by atoms with Crippen molar-refractivity contribution in [2.75, 3.05) is 6.61 Å². The van der Waals surface area contributed by atoms with Crippen molar-refractivity contribution in [2.24, 2.45) is 0 Å². The van der Waals surface area contributed by atoms with E-state index in [2.05, 4.69) is 11.6 Å². The lowest BCUT2D eigenvalue weighted by Gasteiger charge is -1.94. The summed E-state index contributed by atoms with van der Waals surface area (Å²) in [4.78, 5) is 9.73. The van der Waals surface area contributed by atoms with Gasteiger partial charge in [-0.05, 0) is 11.6 Å². The fraction of sp³-hybridized carbons (Fsp3) is 0.667. The van der Waals surface area contributed by atoms with Gasteiger partial charge in [-0.1, -0.05) is 0 Å². The molecule has 3 nitrogen and oxygen atoms in total. The lowest BCUT2D eigenvalue weighted by atomic mass is 10.4. The number of aliphatic hydroxyl groups excluding tert-OH is 2. The van der Waals surface area contributed by atoms with Crippen LogP contribution in [-0.2, 0) is 4.79 Å². The monoisotopic (exact) mass is 124 g/mol. The lowest BCUT2D eigenvalue weighted by molar-refractivity contribution is -0.120. The Hall–Kier alpha value is -0.120. The Kier molecular flexibility index (Phi) is 2.91. The summed E-state index contributed by atoms with van der Waals surface area (Å²) in [6.45, 7) is -0.609. The molecule has 0 bridgehead atoms. The summed E-state index contributed by atoms with van der Waals surface area (Å²) in [6, 6.07) is 0. The van der Waals surface area contributed by atoms with E-state index in [1.165, 1.54) is 0 Å². The van der Waals surface area contributed by atoms with E-state index in [0.717, 1.165) is 0 Å². The summed E-state index contributed by atoms with van der Waals surface area (Å²) in [5.74, 6) is 0. The van der Waals surface area contributed by atoms with Crippen LogP contribution < -0.4 is 0 Å². The molecule has 1 atom stereocenters. The van der Waals surface area contributed by atoms with Crippen LogP contribution in [0.25, 0.3) is 0 Å². The predicted molar refractivity (Wildman–Crippen MR) is 24.0 cm³/mol. The van der Waals surface area contributed by atoms with Crippen LogP contribution in [0, 0.1) is 0 Å². The van der Waals surface area contributed by atoms with E-state index in [1.807, 2.05) is 0 Å². The lowest BCUT2D eigenvalue weighted by Crippen LogP contribution is -2.18. The molecule has 7 heavy (non-hydrogen) atoms. The van der Waals surface area contributed by atoms with Gasteiger partial charge in [0, 0.05) is 0 Å². The molecule has 0 amide bonds. The molecule has 42 valence electrons. The molecule has 0 spiro atoms. The highest BCUT2D eigenvalue weighted by atomic mass is 35.5. The average Bonchev–Trinajstić information content (AvgIpc) is 1.65. The summed E-state index contributed by atoms with van der Waals surface area (Å²) in [5, 5.41) is 15.2. The molecule has 0 aliphatic carbocycles. The normalized spacial score (nSPS) is 13.6. The third kappa shape index (κ3) is 2.56. The Morgan fingerprint density at radius 3 is 2.29 bits per heavy atom. The van der Waals surface area contributed by atoms with Crippen molar-refractivity contribution in [3.8, 4) is 0 Å². The number of aliphatic hydroxyl groups is 2. The van der Waals surface area contributed by atoms with Crippen molar-refractivity contribution in [3.63, 3.8) is 0 Å². The molecule has 0 saturated carbocycles. The molecular formula is C3H5ClO3. The molecule has 0 saturated heterocycles. The highest BCUT2D eigenvalue weighted by Crippen LogP contribution is 1.86. The predicted octanol–water partition coefficient (Wildman–Crippen LogP) is -0.895. The number of carbonyl (C=O) groups excluding carboxylic acids is 1. The van der Waals surface area contributed by atoms with Gasteiger partial charge in [0.25, 0.3) is 5.24 Å². The molecule has 0 aromatic carbocycles. The first-order chi connectivity index (χ1) is 3.18. The van der Waals surface area contributed by atoms with Crippen LogP contribution in [0.15, 0.2) is 0 Å². The zero-order chi connectivity index (χ0) is 5.86. The van der Waals surface area contributed by atoms with Crippen molar-refractivity contribution in [1.29, 1.82) is 0 Å². The van der Waals surface area contributed by atoms with Gasteiger partial charge in [0.15, 0.2) is 6.10 Å². The SMILES string of the molecule is O=C(Cl)[C@H](O)CO. The quantitative estimate of drug-likeness (QED) is 0.470. The van der Waals surface area contributed by atoms with Crippen molar-refractivity contribution in [2.45, 2.75) is 6.10 Å². The molecule has 4 heteroatoms. The minimum atomic E-state index is -1.42.